The SMILES string of the molecule is CC(=O)Nc1sc(N/N=C/c2ccc(Cl)cc2)nc1-c1cccs1. The third-order valence-electron chi connectivity index (χ3n) is 2.92. The van der Waals surface area contributed by atoms with Crippen LogP contribution in [0.5, 0.6) is 0 Å². The maximum atomic E-state index is 11.4. The smallest absolute Gasteiger partial charge is 0.221 e. The first-order valence-electron chi connectivity index (χ1n) is 6.99. The number of hydrogen-bond acceptors (Lipinski definition) is 6. The van der Waals surface area contributed by atoms with Gasteiger partial charge in [-0.3, -0.25) is 10.2 Å². The van der Waals surface area contributed by atoms with Crippen LogP contribution in [0.1, 0.15) is 12.5 Å². The second-order valence-corrected chi connectivity index (χ2v) is 7.16. The van der Waals surface area contributed by atoms with Gasteiger partial charge in [-0.15, -0.1) is 11.3 Å². The number of hydrogen-bond donors (Lipinski definition) is 2. The number of hydrazone groups is 1. The molecule has 5 nitrogen and oxygen atoms in total. The normalized spacial score (nSPS) is 10.9. The second-order valence-electron chi connectivity index (χ2n) is 4.78. The summed E-state index contributed by atoms with van der Waals surface area (Å²) < 4.78 is 0. The third kappa shape index (κ3) is 4.19. The molecule has 122 valence electrons. The molecule has 2 heterocycles. The van der Waals surface area contributed by atoms with E-state index in [9.17, 15) is 4.79 Å². The summed E-state index contributed by atoms with van der Waals surface area (Å²) in [5.74, 6) is -0.132. The molecule has 3 aromatic rings. The summed E-state index contributed by atoms with van der Waals surface area (Å²) in [6.45, 7) is 1.48. The van der Waals surface area contributed by atoms with Crippen LogP contribution in [0, 0.1) is 0 Å². The molecule has 1 amide bonds. The molecule has 0 saturated carbocycles. The molecule has 0 fully saturated rings. The van der Waals surface area contributed by atoms with E-state index in [1.165, 1.54) is 18.3 Å². The summed E-state index contributed by atoms with van der Waals surface area (Å²) in [5.41, 5.74) is 4.57. The van der Waals surface area contributed by atoms with E-state index < -0.39 is 0 Å². The molecule has 0 radical (unpaired) electrons. The van der Waals surface area contributed by atoms with Crippen LogP contribution in [0.2, 0.25) is 5.02 Å². The van der Waals surface area contributed by atoms with Gasteiger partial charge in [0.25, 0.3) is 0 Å². The number of carbonyl (C=O) groups is 1. The molecule has 0 unspecified atom stereocenters. The van der Waals surface area contributed by atoms with Crippen LogP contribution in [0.25, 0.3) is 10.6 Å². The number of carbonyl (C=O) groups excluding carboxylic acids is 1. The lowest BCUT2D eigenvalue weighted by atomic mass is 10.2. The minimum Gasteiger partial charge on any atom is -0.316 e. The van der Waals surface area contributed by atoms with Crippen LogP contribution in [0.4, 0.5) is 10.1 Å². The van der Waals surface area contributed by atoms with Crippen molar-refractivity contribution in [1.29, 1.82) is 0 Å². The fraction of sp³-hybridized carbons (Fsp3) is 0.0625. The Morgan fingerprint density at radius 3 is 2.75 bits per heavy atom. The third-order valence-corrected chi connectivity index (χ3v) is 4.92. The number of nitrogens with one attached hydrogen (secondary N) is 2. The van der Waals surface area contributed by atoms with Crippen molar-refractivity contribution in [3.8, 4) is 10.6 Å². The largest absolute Gasteiger partial charge is 0.316 e. The van der Waals surface area contributed by atoms with Gasteiger partial charge in [0.2, 0.25) is 11.0 Å². The zero-order chi connectivity index (χ0) is 16.9. The van der Waals surface area contributed by atoms with Crippen molar-refractivity contribution in [2.45, 2.75) is 6.92 Å². The average Bonchev–Trinajstić information content (AvgIpc) is 3.18. The summed E-state index contributed by atoms with van der Waals surface area (Å²) in [6, 6.07) is 11.3. The Morgan fingerprint density at radius 1 is 1.29 bits per heavy atom. The van der Waals surface area contributed by atoms with E-state index in [0.29, 0.717) is 15.2 Å². The molecular weight excluding hydrogens is 364 g/mol. The summed E-state index contributed by atoms with van der Waals surface area (Å²) in [5, 5.41) is 10.9. The maximum absolute atomic E-state index is 11.4. The average molecular weight is 377 g/mol. The molecule has 0 aliphatic carbocycles. The van der Waals surface area contributed by atoms with Crippen molar-refractivity contribution in [2.24, 2.45) is 5.10 Å². The van der Waals surface area contributed by atoms with Crippen molar-refractivity contribution in [2.75, 3.05) is 10.7 Å². The zero-order valence-corrected chi connectivity index (χ0v) is 15.0. The van der Waals surface area contributed by atoms with Gasteiger partial charge in [-0.1, -0.05) is 41.1 Å². The number of thiophene rings is 1. The van der Waals surface area contributed by atoms with Crippen LogP contribution < -0.4 is 10.7 Å². The monoisotopic (exact) mass is 376 g/mol. The molecule has 2 N–H and O–H groups in total. The van der Waals surface area contributed by atoms with E-state index in [1.54, 1.807) is 29.7 Å². The number of thiazole rings is 1. The highest BCUT2D eigenvalue weighted by Gasteiger charge is 2.14. The van der Waals surface area contributed by atoms with Crippen molar-refractivity contribution in [1.82, 2.24) is 4.98 Å². The lowest BCUT2D eigenvalue weighted by molar-refractivity contribution is -0.114. The van der Waals surface area contributed by atoms with Crippen LogP contribution in [0.3, 0.4) is 0 Å². The second kappa shape index (κ2) is 7.57. The molecule has 0 spiro atoms. The van der Waals surface area contributed by atoms with E-state index in [4.69, 9.17) is 11.6 Å². The highest BCUT2D eigenvalue weighted by atomic mass is 35.5. The van der Waals surface area contributed by atoms with Crippen LogP contribution in [-0.4, -0.2) is 17.1 Å². The van der Waals surface area contributed by atoms with Gasteiger partial charge < -0.3 is 5.32 Å². The van der Waals surface area contributed by atoms with Gasteiger partial charge in [0, 0.05) is 11.9 Å². The summed E-state index contributed by atoms with van der Waals surface area (Å²) in [4.78, 5) is 16.9. The van der Waals surface area contributed by atoms with Gasteiger partial charge in [-0.25, -0.2) is 4.98 Å². The molecule has 0 aliphatic heterocycles. The first-order valence-corrected chi connectivity index (χ1v) is 9.06. The fourth-order valence-electron chi connectivity index (χ4n) is 1.90. The Bertz CT molecular complexity index is 857. The van der Waals surface area contributed by atoms with E-state index in [1.807, 2.05) is 29.6 Å². The number of benzene rings is 1. The summed E-state index contributed by atoms with van der Waals surface area (Å²) in [7, 11) is 0. The highest BCUT2D eigenvalue weighted by Crippen LogP contribution is 2.37. The van der Waals surface area contributed by atoms with Crippen molar-refractivity contribution >= 4 is 56.5 Å². The Morgan fingerprint density at radius 2 is 2.08 bits per heavy atom. The van der Waals surface area contributed by atoms with E-state index in [-0.39, 0.29) is 5.91 Å². The molecule has 8 heteroatoms. The van der Waals surface area contributed by atoms with Crippen molar-refractivity contribution in [3.05, 3.63) is 52.4 Å². The van der Waals surface area contributed by atoms with Gasteiger partial charge in [0.1, 0.15) is 10.7 Å². The summed E-state index contributed by atoms with van der Waals surface area (Å²) >= 11 is 8.76. The van der Waals surface area contributed by atoms with Gasteiger partial charge in [-0.2, -0.15) is 5.10 Å². The number of aromatic nitrogens is 1. The highest BCUT2D eigenvalue weighted by molar-refractivity contribution is 7.21. The molecule has 0 bridgehead atoms. The predicted octanol–water partition coefficient (Wildman–Crippen LogP) is 4.93. The van der Waals surface area contributed by atoms with E-state index >= 15 is 0 Å². The van der Waals surface area contributed by atoms with Crippen LogP contribution in [0.15, 0.2) is 46.9 Å². The van der Waals surface area contributed by atoms with Crippen LogP contribution in [-0.2, 0) is 4.79 Å². The van der Waals surface area contributed by atoms with Gasteiger partial charge >= 0.3 is 0 Å². The first kappa shape index (κ1) is 16.6. The van der Waals surface area contributed by atoms with Crippen molar-refractivity contribution < 1.29 is 4.79 Å². The Hall–Kier alpha value is -2.22. The number of amides is 1. The molecular formula is C16H13ClN4OS2. The number of halogens is 1. The minimum atomic E-state index is -0.132. The molecule has 0 aliphatic rings. The Kier molecular flexibility index (Phi) is 5.24. The topological polar surface area (TPSA) is 66.4 Å². The van der Waals surface area contributed by atoms with Gasteiger partial charge in [0.05, 0.1) is 11.1 Å². The Balaban J connectivity index is 1.78. The van der Waals surface area contributed by atoms with Crippen LogP contribution >= 0.6 is 34.3 Å². The van der Waals surface area contributed by atoms with E-state index in [0.717, 1.165) is 16.1 Å². The molecule has 0 saturated heterocycles. The molecule has 3 rings (SSSR count). The maximum Gasteiger partial charge on any atom is 0.221 e. The van der Waals surface area contributed by atoms with Crippen molar-refractivity contribution in [3.63, 3.8) is 0 Å². The summed E-state index contributed by atoms with van der Waals surface area (Å²) in [6.07, 6.45) is 1.68. The van der Waals surface area contributed by atoms with Gasteiger partial charge in [0.15, 0.2) is 0 Å². The van der Waals surface area contributed by atoms with E-state index in [2.05, 4.69) is 20.8 Å². The minimum absolute atomic E-state index is 0.132. The predicted molar refractivity (Wildman–Crippen MR) is 102 cm³/mol. The molecule has 24 heavy (non-hydrogen) atoms. The van der Waals surface area contributed by atoms with Gasteiger partial charge in [-0.05, 0) is 29.1 Å². The fourth-order valence-corrected chi connectivity index (χ4v) is 3.69. The lowest BCUT2D eigenvalue weighted by Gasteiger charge is -1.99. The molecule has 0 atom stereocenters. The zero-order valence-electron chi connectivity index (χ0n) is 12.6. The Labute approximate surface area is 152 Å². The first-order chi connectivity index (χ1) is 11.6. The quantitative estimate of drug-likeness (QED) is 0.490. The molecule has 1 aromatic carbocycles. The lowest BCUT2D eigenvalue weighted by Crippen LogP contribution is -2.04. The number of nitrogens with zero attached hydrogens (tertiary/aromatic N) is 2. The molecule has 2 aromatic heterocycles. The number of anilines is 2. The number of rotatable bonds is 5. The standard InChI is InChI=1S/C16H13ClN4OS2/c1-10(22)19-15-14(13-3-2-8-23-13)20-16(24-15)21-18-9-11-4-6-12(17)7-5-11/h2-9H,1H3,(H,19,22)(H,20,21)/b18-9+.